The molecule has 1 unspecified atom stereocenters. The van der Waals surface area contributed by atoms with Crippen LogP contribution < -0.4 is 5.32 Å². The summed E-state index contributed by atoms with van der Waals surface area (Å²) in [6.07, 6.45) is 0. The summed E-state index contributed by atoms with van der Waals surface area (Å²) in [5, 5.41) is 2.60. The van der Waals surface area contributed by atoms with Crippen molar-refractivity contribution in [1.29, 1.82) is 0 Å². The number of carbonyl (C=O) groups is 1. The molecule has 24 heavy (non-hydrogen) atoms. The zero-order valence-electron chi connectivity index (χ0n) is 12.4. The van der Waals surface area contributed by atoms with E-state index < -0.39 is 27.8 Å². The summed E-state index contributed by atoms with van der Waals surface area (Å²) in [6.45, 7) is 0.253. The van der Waals surface area contributed by atoms with Crippen LogP contribution in [0.3, 0.4) is 0 Å². The molecule has 1 saturated heterocycles. The molecule has 1 aliphatic heterocycles. The summed E-state index contributed by atoms with van der Waals surface area (Å²) in [5.74, 6) is -1.15. The quantitative estimate of drug-likeness (QED) is 0.841. The first-order valence-corrected chi connectivity index (χ1v) is 9.44. The molecule has 5 nitrogen and oxygen atoms in total. The van der Waals surface area contributed by atoms with Crippen LogP contribution in [0, 0.1) is 5.82 Å². The maximum Gasteiger partial charge on any atom is 0.244 e. The summed E-state index contributed by atoms with van der Waals surface area (Å²) < 4.78 is 41.8. The van der Waals surface area contributed by atoms with Gasteiger partial charge in [0.2, 0.25) is 15.9 Å². The largest absolute Gasteiger partial charge is 0.353 e. The highest BCUT2D eigenvalue weighted by Crippen LogP contribution is 2.31. The predicted octanol–water partition coefficient (Wildman–Crippen LogP) is 2.45. The monoisotopic (exact) mass is 412 g/mol. The van der Waals surface area contributed by atoms with Crippen LogP contribution in [0.25, 0.3) is 0 Å². The molecular formula is C16H14BrFN2O3S. The van der Waals surface area contributed by atoms with Crippen molar-refractivity contribution in [1.82, 2.24) is 9.62 Å². The molecule has 1 amide bonds. The molecule has 1 heterocycles. The average Bonchev–Trinajstić information content (AvgIpc) is 2.56. The number of hydrogen-bond donors (Lipinski definition) is 1. The fourth-order valence-electron chi connectivity index (χ4n) is 2.64. The van der Waals surface area contributed by atoms with Gasteiger partial charge >= 0.3 is 0 Å². The highest BCUT2D eigenvalue weighted by Gasteiger charge is 2.40. The Labute approximate surface area is 147 Å². The maximum atomic E-state index is 14.2. The van der Waals surface area contributed by atoms with Gasteiger partial charge in [0.25, 0.3) is 0 Å². The van der Waals surface area contributed by atoms with Crippen molar-refractivity contribution in [3.8, 4) is 0 Å². The first-order chi connectivity index (χ1) is 11.4. The molecule has 1 N–H and O–H groups in total. The number of hydrogen-bond acceptors (Lipinski definition) is 3. The Bertz CT molecular complexity index is 871. The molecular weight excluding hydrogens is 399 g/mol. The van der Waals surface area contributed by atoms with Crippen LogP contribution in [0.4, 0.5) is 4.39 Å². The molecule has 0 bridgehead atoms. The maximum absolute atomic E-state index is 14.2. The smallest absolute Gasteiger partial charge is 0.244 e. The third-order valence-corrected chi connectivity index (χ3v) is 6.20. The Hall–Kier alpha value is -1.77. The third-order valence-electron chi connectivity index (χ3n) is 3.79. The Morgan fingerprint density at radius 2 is 1.79 bits per heavy atom. The Balaban J connectivity index is 2.08. The lowest BCUT2D eigenvalue weighted by Crippen LogP contribution is -2.52. The molecule has 2 aromatic rings. The number of sulfonamides is 1. The molecule has 0 saturated carbocycles. The standard InChI is InChI=1S/C16H14BrFN2O3S/c17-11-5-7-12(8-6-11)24(22,23)20-10-9-19-16(21)15(20)13-3-1-2-4-14(13)18/h1-8,15H,9-10H2,(H,19,21). The molecule has 0 aromatic heterocycles. The number of piperazine rings is 1. The van der Waals surface area contributed by atoms with Crippen LogP contribution in [0.1, 0.15) is 11.6 Å². The number of carbonyl (C=O) groups excluding carboxylic acids is 1. The lowest BCUT2D eigenvalue weighted by molar-refractivity contribution is -0.127. The summed E-state index contributed by atoms with van der Waals surface area (Å²) in [6, 6.07) is 10.6. The van der Waals surface area contributed by atoms with Gasteiger partial charge in [0, 0.05) is 23.1 Å². The molecule has 126 valence electrons. The van der Waals surface area contributed by atoms with E-state index in [-0.39, 0.29) is 23.5 Å². The topological polar surface area (TPSA) is 66.5 Å². The Kier molecular flexibility index (Phi) is 4.71. The highest BCUT2D eigenvalue weighted by molar-refractivity contribution is 9.10. The molecule has 1 fully saturated rings. The molecule has 0 aliphatic carbocycles. The summed E-state index contributed by atoms with van der Waals surface area (Å²) >= 11 is 3.25. The number of nitrogens with zero attached hydrogens (tertiary/aromatic N) is 1. The molecule has 2 aromatic carbocycles. The van der Waals surface area contributed by atoms with Crippen molar-refractivity contribution in [2.24, 2.45) is 0 Å². The van der Waals surface area contributed by atoms with E-state index in [1.807, 2.05) is 0 Å². The predicted molar refractivity (Wildman–Crippen MR) is 90.2 cm³/mol. The second kappa shape index (κ2) is 6.62. The lowest BCUT2D eigenvalue weighted by Gasteiger charge is -2.34. The molecule has 1 aliphatic rings. The summed E-state index contributed by atoms with van der Waals surface area (Å²) in [5.41, 5.74) is 0.0374. The first kappa shape index (κ1) is 17.1. The number of amides is 1. The van der Waals surface area contributed by atoms with E-state index in [4.69, 9.17) is 0 Å². The summed E-state index contributed by atoms with van der Waals surface area (Å²) in [4.78, 5) is 12.4. The van der Waals surface area contributed by atoms with Gasteiger partial charge in [-0.1, -0.05) is 34.1 Å². The Morgan fingerprint density at radius 1 is 1.12 bits per heavy atom. The SMILES string of the molecule is O=C1NCCN(S(=O)(=O)c2ccc(Br)cc2)C1c1ccccc1F. The molecule has 0 spiro atoms. The van der Waals surface area contributed by atoms with Crippen molar-refractivity contribution in [2.75, 3.05) is 13.1 Å². The van der Waals surface area contributed by atoms with Gasteiger partial charge in [0.1, 0.15) is 11.9 Å². The fraction of sp³-hybridized carbons (Fsp3) is 0.188. The molecule has 8 heteroatoms. The number of nitrogens with one attached hydrogen (secondary N) is 1. The molecule has 1 atom stereocenters. The Morgan fingerprint density at radius 3 is 2.46 bits per heavy atom. The zero-order chi connectivity index (χ0) is 17.3. The van der Waals surface area contributed by atoms with Crippen LogP contribution >= 0.6 is 15.9 Å². The van der Waals surface area contributed by atoms with Crippen LogP contribution in [-0.2, 0) is 14.8 Å². The van der Waals surface area contributed by atoms with Crippen molar-refractivity contribution in [3.05, 3.63) is 64.4 Å². The van der Waals surface area contributed by atoms with E-state index >= 15 is 0 Å². The third kappa shape index (κ3) is 3.09. The summed E-state index contributed by atoms with van der Waals surface area (Å²) in [7, 11) is -3.94. The van der Waals surface area contributed by atoms with Crippen LogP contribution in [-0.4, -0.2) is 31.7 Å². The van der Waals surface area contributed by atoms with E-state index in [1.54, 1.807) is 18.2 Å². The number of rotatable bonds is 3. The van der Waals surface area contributed by atoms with Crippen molar-refractivity contribution in [2.45, 2.75) is 10.9 Å². The van der Waals surface area contributed by atoms with Gasteiger partial charge in [-0.15, -0.1) is 0 Å². The van der Waals surface area contributed by atoms with Gasteiger partial charge in [0.15, 0.2) is 0 Å². The minimum absolute atomic E-state index is 0.0374. The van der Waals surface area contributed by atoms with Crippen LogP contribution in [0.2, 0.25) is 0 Å². The van der Waals surface area contributed by atoms with E-state index in [0.717, 1.165) is 8.78 Å². The van der Waals surface area contributed by atoms with Gasteiger partial charge in [0.05, 0.1) is 4.90 Å². The first-order valence-electron chi connectivity index (χ1n) is 7.21. The van der Waals surface area contributed by atoms with E-state index in [0.29, 0.717) is 0 Å². The molecule has 0 radical (unpaired) electrons. The van der Waals surface area contributed by atoms with Gasteiger partial charge < -0.3 is 5.32 Å². The number of benzene rings is 2. The lowest BCUT2D eigenvalue weighted by atomic mass is 10.0. The minimum Gasteiger partial charge on any atom is -0.353 e. The fourth-order valence-corrected chi connectivity index (χ4v) is 4.47. The van der Waals surface area contributed by atoms with E-state index in [1.165, 1.54) is 30.3 Å². The van der Waals surface area contributed by atoms with Crippen LogP contribution in [0.15, 0.2) is 57.9 Å². The van der Waals surface area contributed by atoms with E-state index in [9.17, 15) is 17.6 Å². The van der Waals surface area contributed by atoms with E-state index in [2.05, 4.69) is 21.2 Å². The molecule has 3 rings (SSSR count). The minimum atomic E-state index is -3.94. The number of halogens is 2. The van der Waals surface area contributed by atoms with Gasteiger partial charge in [-0.05, 0) is 30.3 Å². The highest BCUT2D eigenvalue weighted by atomic mass is 79.9. The van der Waals surface area contributed by atoms with Gasteiger partial charge in [-0.3, -0.25) is 4.79 Å². The van der Waals surface area contributed by atoms with Gasteiger partial charge in [-0.25, -0.2) is 12.8 Å². The van der Waals surface area contributed by atoms with Crippen molar-refractivity contribution in [3.63, 3.8) is 0 Å². The average molecular weight is 413 g/mol. The van der Waals surface area contributed by atoms with Gasteiger partial charge in [-0.2, -0.15) is 4.31 Å². The zero-order valence-corrected chi connectivity index (χ0v) is 14.8. The second-order valence-electron chi connectivity index (χ2n) is 5.28. The van der Waals surface area contributed by atoms with Crippen molar-refractivity contribution >= 4 is 31.9 Å². The van der Waals surface area contributed by atoms with Crippen LogP contribution in [0.5, 0.6) is 0 Å². The second-order valence-corrected chi connectivity index (χ2v) is 8.09. The van der Waals surface area contributed by atoms with Crippen molar-refractivity contribution < 1.29 is 17.6 Å². The normalized spacial score (nSPS) is 19.1.